The lowest BCUT2D eigenvalue weighted by Crippen LogP contribution is -2.36. The van der Waals surface area contributed by atoms with E-state index in [4.69, 9.17) is 25.1 Å². The van der Waals surface area contributed by atoms with Crippen LogP contribution >= 0.6 is 0 Å². The smallest absolute Gasteiger partial charge is 0.0927 e. The molecule has 0 spiro atoms. The number of anilines is 1. The van der Waals surface area contributed by atoms with Gasteiger partial charge in [-0.1, -0.05) is 6.08 Å². The zero-order chi connectivity index (χ0) is 20.5. The molecule has 152 valence electrons. The van der Waals surface area contributed by atoms with Crippen LogP contribution in [0.4, 0.5) is 5.69 Å². The average molecular weight is 400 g/mol. The Kier molecular flexibility index (Phi) is 4.93. The molecule has 2 aromatic heterocycles. The zero-order valence-corrected chi connectivity index (χ0v) is 17.0. The summed E-state index contributed by atoms with van der Waals surface area (Å²) < 4.78 is 7.50. The monoisotopic (exact) mass is 400 g/mol. The lowest BCUT2D eigenvalue weighted by Gasteiger charge is -2.33. The molecule has 3 heterocycles. The molecule has 1 aromatic carbocycles. The van der Waals surface area contributed by atoms with Crippen molar-refractivity contribution in [1.29, 1.82) is 5.26 Å². The first-order chi connectivity index (χ1) is 14.7. The molecule has 1 aliphatic heterocycles. The molecule has 5 rings (SSSR count). The molecular weight excluding hydrogens is 376 g/mol. The second-order valence-electron chi connectivity index (χ2n) is 8.01. The number of fused-ring (bicyclic) bond motifs is 1. The molecule has 0 amide bonds. The molecule has 0 unspecified atom stereocenters. The van der Waals surface area contributed by atoms with Crippen LogP contribution in [0.15, 0.2) is 42.7 Å². The van der Waals surface area contributed by atoms with Gasteiger partial charge in [0.1, 0.15) is 0 Å². The molecule has 0 atom stereocenters. The Hall–Kier alpha value is -3.24. The molecular formula is C23H24N6O. The quantitative estimate of drug-likeness (QED) is 0.622. The molecule has 1 saturated carbocycles. The van der Waals surface area contributed by atoms with Crippen molar-refractivity contribution in [2.75, 3.05) is 31.2 Å². The molecule has 0 radical (unpaired) electrons. The Labute approximate surface area is 175 Å². The lowest BCUT2D eigenvalue weighted by molar-refractivity contribution is 0.122. The number of allylic oxidation sites excluding steroid dienone is 2. The van der Waals surface area contributed by atoms with Crippen molar-refractivity contribution in [3.8, 4) is 17.3 Å². The van der Waals surface area contributed by atoms with E-state index in [0.717, 1.165) is 67.1 Å². The minimum atomic E-state index is 0.385. The minimum absolute atomic E-state index is 0.385. The number of nitriles is 1. The first-order valence-corrected chi connectivity index (χ1v) is 10.4. The number of benzene rings is 1. The van der Waals surface area contributed by atoms with E-state index in [9.17, 15) is 0 Å². The van der Waals surface area contributed by atoms with Gasteiger partial charge in [-0.25, -0.2) is 4.98 Å². The Morgan fingerprint density at radius 1 is 1.20 bits per heavy atom. The van der Waals surface area contributed by atoms with Crippen LogP contribution in [0, 0.1) is 24.2 Å². The van der Waals surface area contributed by atoms with Gasteiger partial charge in [0, 0.05) is 36.6 Å². The van der Waals surface area contributed by atoms with Crippen LogP contribution in [-0.4, -0.2) is 46.1 Å². The van der Waals surface area contributed by atoms with Crippen molar-refractivity contribution in [2.45, 2.75) is 25.8 Å². The number of hydrogen-bond donors (Lipinski definition) is 0. The molecule has 0 bridgehead atoms. The number of rotatable bonds is 4. The van der Waals surface area contributed by atoms with Gasteiger partial charge in [-0.15, -0.1) is 0 Å². The largest absolute Gasteiger partial charge is 0.378 e. The highest BCUT2D eigenvalue weighted by Crippen LogP contribution is 2.39. The van der Waals surface area contributed by atoms with Crippen molar-refractivity contribution in [3.63, 3.8) is 0 Å². The summed E-state index contributed by atoms with van der Waals surface area (Å²) in [5.41, 5.74) is 5.80. The highest BCUT2D eigenvalue weighted by molar-refractivity contribution is 5.81. The molecule has 0 N–H and O–H groups in total. The summed E-state index contributed by atoms with van der Waals surface area (Å²) in [6.07, 6.45) is 9.55. The summed E-state index contributed by atoms with van der Waals surface area (Å²) in [4.78, 5) is 11.9. The van der Waals surface area contributed by atoms with E-state index in [1.807, 2.05) is 19.2 Å². The topological polar surface area (TPSA) is 79.9 Å². The molecule has 3 aromatic rings. The maximum Gasteiger partial charge on any atom is 0.0927 e. The van der Waals surface area contributed by atoms with E-state index >= 15 is 0 Å². The van der Waals surface area contributed by atoms with Crippen LogP contribution in [0.25, 0.3) is 22.3 Å². The van der Waals surface area contributed by atoms with Gasteiger partial charge in [-0.05, 0) is 43.9 Å². The fraction of sp³-hybridized carbons (Fsp3) is 0.391. The standard InChI is InChI=1S/C23H24N6O/c1-16-20(15-29(27-16)19-11-17(12-19)3-2-6-24)23-14-25-22-13-18(4-5-21(22)26-23)28-7-9-30-10-8-28/h2-5,13-15,17,19H,7-12H2,1H3/b3-2+. The van der Waals surface area contributed by atoms with Crippen LogP contribution in [0.1, 0.15) is 24.6 Å². The van der Waals surface area contributed by atoms with Crippen molar-refractivity contribution in [2.24, 2.45) is 5.92 Å². The van der Waals surface area contributed by atoms with E-state index in [-0.39, 0.29) is 0 Å². The highest BCUT2D eigenvalue weighted by Gasteiger charge is 2.30. The van der Waals surface area contributed by atoms with E-state index in [1.165, 1.54) is 5.69 Å². The summed E-state index contributed by atoms with van der Waals surface area (Å²) in [6, 6.07) is 8.73. The van der Waals surface area contributed by atoms with Crippen molar-refractivity contribution < 1.29 is 4.74 Å². The van der Waals surface area contributed by atoms with Crippen molar-refractivity contribution in [1.82, 2.24) is 19.7 Å². The van der Waals surface area contributed by atoms with Crippen LogP contribution in [0.5, 0.6) is 0 Å². The molecule has 7 heteroatoms. The first kappa shape index (κ1) is 18.8. The van der Waals surface area contributed by atoms with Crippen LogP contribution in [0.2, 0.25) is 0 Å². The van der Waals surface area contributed by atoms with Gasteiger partial charge in [0.15, 0.2) is 0 Å². The maximum absolute atomic E-state index is 8.67. The second kappa shape index (κ2) is 7.88. The van der Waals surface area contributed by atoms with E-state index in [2.05, 4.69) is 40.0 Å². The normalized spacial score (nSPS) is 21.7. The number of ether oxygens (including phenoxy) is 1. The molecule has 1 aliphatic carbocycles. The van der Waals surface area contributed by atoms with Crippen LogP contribution in [-0.2, 0) is 4.74 Å². The van der Waals surface area contributed by atoms with Crippen LogP contribution in [0.3, 0.4) is 0 Å². The Morgan fingerprint density at radius 2 is 2.03 bits per heavy atom. The summed E-state index contributed by atoms with van der Waals surface area (Å²) in [5.74, 6) is 0.476. The lowest BCUT2D eigenvalue weighted by atomic mass is 9.80. The molecule has 2 aliphatic rings. The Bertz CT molecular complexity index is 1130. The Morgan fingerprint density at radius 3 is 2.83 bits per heavy atom. The van der Waals surface area contributed by atoms with Gasteiger partial charge in [0.25, 0.3) is 0 Å². The van der Waals surface area contributed by atoms with E-state index in [0.29, 0.717) is 12.0 Å². The first-order valence-electron chi connectivity index (χ1n) is 10.4. The maximum atomic E-state index is 8.67. The minimum Gasteiger partial charge on any atom is -0.378 e. The fourth-order valence-electron chi connectivity index (χ4n) is 4.25. The molecule has 2 fully saturated rings. The third kappa shape index (κ3) is 3.55. The zero-order valence-electron chi connectivity index (χ0n) is 17.0. The molecule has 1 saturated heterocycles. The van der Waals surface area contributed by atoms with E-state index in [1.54, 1.807) is 6.08 Å². The van der Waals surface area contributed by atoms with Gasteiger partial charge in [-0.2, -0.15) is 10.4 Å². The number of aromatic nitrogens is 4. The number of nitrogens with zero attached hydrogens (tertiary/aromatic N) is 6. The SMILES string of the molecule is Cc1nn(C2CC(/C=C/C#N)C2)cc1-c1cnc2cc(N3CCOCC3)ccc2n1. The summed E-state index contributed by atoms with van der Waals surface area (Å²) in [7, 11) is 0. The number of aryl methyl sites for hydroxylation is 1. The highest BCUT2D eigenvalue weighted by atomic mass is 16.5. The van der Waals surface area contributed by atoms with Gasteiger partial charge >= 0.3 is 0 Å². The molecule has 7 nitrogen and oxygen atoms in total. The average Bonchev–Trinajstić information content (AvgIpc) is 3.13. The number of morpholine rings is 1. The predicted octanol–water partition coefficient (Wildman–Crippen LogP) is 3.67. The number of hydrogen-bond acceptors (Lipinski definition) is 6. The Balaban J connectivity index is 1.37. The molecule has 30 heavy (non-hydrogen) atoms. The second-order valence-corrected chi connectivity index (χ2v) is 8.01. The predicted molar refractivity (Wildman–Crippen MR) is 115 cm³/mol. The van der Waals surface area contributed by atoms with Crippen molar-refractivity contribution in [3.05, 3.63) is 48.4 Å². The summed E-state index contributed by atoms with van der Waals surface area (Å²) in [5, 5.41) is 13.4. The summed E-state index contributed by atoms with van der Waals surface area (Å²) >= 11 is 0. The van der Waals surface area contributed by atoms with Crippen molar-refractivity contribution >= 4 is 16.7 Å². The van der Waals surface area contributed by atoms with Gasteiger partial charge in [0.05, 0.1) is 53.9 Å². The third-order valence-electron chi connectivity index (χ3n) is 6.06. The summed E-state index contributed by atoms with van der Waals surface area (Å²) in [6.45, 7) is 5.36. The van der Waals surface area contributed by atoms with Crippen LogP contribution < -0.4 is 4.90 Å². The van der Waals surface area contributed by atoms with Gasteiger partial charge in [0.2, 0.25) is 0 Å². The third-order valence-corrected chi connectivity index (χ3v) is 6.06. The fourth-order valence-corrected chi connectivity index (χ4v) is 4.25. The van der Waals surface area contributed by atoms with E-state index < -0.39 is 0 Å². The van der Waals surface area contributed by atoms with Gasteiger partial charge in [-0.3, -0.25) is 9.67 Å². The van der Waals surface area contributed by atoms with Gasteiger partial charge < -0.3 is 9.64 Å².